The molecule has 0 saturated carbocycles. The fraction of sp³-hybridized carbons (Fsp3) is 0.429. The SMILES string of the molecule is COC(=O)c1ccc(C)c(NC(C)CCC(=O)O)c1. The topological polar surface area (TPSA) is 75.6 Å². The number of aliphatic carboxylic acids is 1. The van der Waals surface area contributed by atoms with Crippen LogP contribution in [0.2, 0.25) is 0 Å². The zero-order chi connectivity index (χ0) is 14.4. The minimum absolute atomic E-state index is 0.0164. The highest BCUT2D eigenvalue weighted by molar-refractivity contribution is 5.90. The molecule has 19 heavy (non-hydrogen) atoms. The summed E-state index contributed by atoms with van der Waals surface area (Å²) in [6.07, 6.45) is 0.640. The number of hydrogen-bond acceptors (Lipinski definition) is 4. The Labute approximate surface area is 112 Å². The minimum Gasteiger partial charge on any atom is -0.481 e. The van der Waals surface area contributed by atoms with Crippen LogP contribution in [-0.2, 0) is 9.53 Å². The quantitative estimate of drug-likeness (QED) is 0.773. The zero-order valence-electron chi connectivity index (χ0n) is 11.4. The summed E-state index contributed by atoms with van der Waals surface area (Å²) < 4.78 is 4.67. The van der Waals surface area contributed by atoms with E-state index in [2.05, 4.69) is 10.1 Å². The molecule has 1 aromatic carbocycles. The number of carboxylic acids is 1. The molecule has 0 aliphatic heterocycles. The molecule has 0 amide bonds. The van der Waals surface area contributed by atoms with Crippen molar-refractivity contribution < 1.29 is 19.4 Å². The molecule has 5 nitrogen and oxygen atoms in total. The first-order valence-electron chi connectivity index (χ1n) is 6.11. The second kappa shape index (κ2) is 6.78. The maximum atomic E-state index is 11.5. The minimum atomic E-state index is -0.811. The van der Waals surface area contributed by atoms with E-state index in [1.54, 1.807) is 12.1 Å². The summed E-state index contributed by atoms with van der Waals surface area (Å²) in [6, 6.07) is 5.27. The average molecular weight is 265 g/mol. The second-order valence-corrected chi connectivity index (χ2v) is 4.50. The van der Waals surface area contributed by atoms with E-state index >= 15 is 0 Å². The smallest absolute Gasteiger partial charge is 0.337 e. The number of ether oxygens (including phenoxy) is 1. The van der Waals surface area contributed by atoms with Gasteiger partial charge in [-0.2, -0.15) is 0 Å². The number of carbonyl (C=O) groups excluding carboxylic acids is 1. The lowest BCUT2D eigenvalue weighted by molar-refractivity contribution is -0.137. The fourth-order valence-electron chi connectivity index (χ4n) is 1.70. The number of methoxy groups -OCH3 is 1. The highest BCUT2D eigenvalue weighted by Gasteiger charge is 2.10. The van der Waals surface area contributed by atoms with E-state index < -0.39 is 5.97 Å². The number of esters is 1. The van der Waals surface area contributed by atoms with Crippen LogP contribution >= 0.6 is 0 Å². The maximum absolute atomic E-state index is 11.5. The van der Waals surface area contributed by atoms with Gasteiger partial charge in [0, 0.05) is 18.2 Å². The molecule has 0 heterocycles. The van der Waals surface area contributed by atoms with Crippen molar-refractivity contribution >= 4 is 17.6 Å². The van der Waals surface area contributed by atoms with Gasteiger partial charge in [0.25, 0.3) is 0 Å². The molecule has 0 spiro atoms. The van der Waals surface area contributed by atoms with Crippen molar-refractivity contribution in [1.29, 1.82) is 0 Å². The molecule has 1 unspecified atom stereocenters. The highest BCUT2D eigenvalue weighted by Crippen LogP contribution is 2.19. The third-order valence-corrected chi connectivity index (χ3v) is 2.85. The van der Waals surface area contributed by atoms with Crippen LogP contribution in [-0.4, -0.2) is 30.2 Å². The van der Waals surface area contributed by atoms with E-state index in [0.717, 1.165) is 11.3 Å². The molecule has 0 radical (unpaired) electrons. The van der Waals surface area contributed by atoms with Crippen molar-refractivity contribution in [3.8, 4) is 0 Å². The van der Waals surface area contributed by atoms with E-state index in [-0.39, 0.29) is 18.4 Å². The number of rotatable bonds is 6. The van der Waals surface area contributed by atoms with Crippen molar-refractivity contribution in [3.05, 3.63) is 29.3 Å². The van der Waals surface area contributed by atoms with Gasteiger partial charge in [-0.05, 0) is 38.0 Å². The molecule has 104 valence electrons. The number of benzene rings is 1. The summed E-state index contributed by atoms with van der Waals surface area (Å²) in [7, 11) is 1.34. The van der Waals surface area contributed by atoms with Gasteiger partial charge in [0.05, 0.1) is 12.7 Å². The molecule has 5 heteroatoms. The zero-order valence-corrected chi connectivity index (χ0v) is 11.4. The van der Waals surface area contributed by atoms with Gasteiger partial charge >= 0.3 is 11.9 Å². The Bertz CT molecular complexity index is 471. The molecular weight excluding hydrogens is 246 g/mol. The molecule has 2 N–H and O–H groups in total. The normalized spacial score (nSPS) is 11.7. The van der Waals surface area contributed by atoms with Crippen LogP contribution in [0.15, 0.2) is 18.2 Å². The molecule has 0 aromatic heterocycles. The third-order valence-electron chi connectivity index (χ3n) is 2.85. The van der Waals surface area contributed by atoms with E-state index in [9.17, 15) is 9.59 Å². The summed E-state index contributed by atoms with van der Waals surface area (Å²) in [5.74, 6) is -1.20. The molecule has 0 aliphatic rings. The fourth-order valence-corrected chi connectivity index (χ4v) is 1.70. The van der Waals surface area contributed by atoms with Crippen LogP contribution in [0.5, 0.6) is 0 Å². The Hall–Kier alpha value is -2.04. The average Bonchev–Trinajstić information content (AvgIpc) is 2.38. The second-order valence-electron chi connectivity index (χ2n) is 4.50. The summed E-state index contributed by atoms with van der Waals surface area (Å²) in [5, 5.41) is 11.9. The van der Waals surface area contributed by atoms with Crippen molar-refractivity contribution in [1.82, 2.24) is 0 Å². The van der Waals surface area contributed by atoms with E-state index in [4.69, 9.17) is 5.11 Å². The molecule has 1 rings (SSSR count). The lowest BCUT2D eigenvalue weighted by atomic mass is 10.1. The van der Waals surface area contributed by atoms with Crippen LogP contribution in [0.3, 0.4) is 0 Å². The summed E-state index contributed by atoms with van der Waals surface area (Å²) in [4.78, 5) is 22.0. The van der Waals surface area contributed by atoms with Gasteiger partial charge in [-0.15, -0.1) is 0 Å². The van der Waals surface area contributed by atoms with E-state index in [0.29, 0.717) is 12.0 Å². The van der Waals surface area contributed by atoms with Gasteiger partial charge < -0.3 is 15.2 Å². The van der Waals surface area contributed by atoms with Crippen molar-refractivity contribution in [2.24, 2.45) is 0 Å². The van der Waals surface area contributed by atoms with Crippen LogP contribution < -0.4 is 5.32 Å². The van der Waals surface area contributed by atoms with Crippen molar-refractivity contribution in [3.63, 3.8) is 0 Å². The number of anilines is 1. The Balaban J connectivity index is 2.76. The monoisotopic (exact) mass is 265 g/mol. The third kappa shape index (κ3) is 4.62. The van der Waals surface area contributed by atoms with Crippen LogP contribution in [0.25, 0.3) is 0 Å². The Morgan fingerprint density at radius 1 is 1.42 bits per heavy atom. The van der Waals surface area contributed by atoms with Gasteiger partial charge in [0.2, 0.25) is 0 Å². The lowest BCUT2D eigenvalue weighted by Crippen LogP contribution is -2.17. The van der Waals surface area contributed by atoms with Crippen molar-refractivity contribution in [2.45, 2.75) is 32.7 Å². The molecule has 0 fully saturated rings. The Morgan fingerprint density at radius 3 is 2.68 bits per heavy atom. The number of carboxylic acid groups (broad SMARTS) is 1. The number of carbonyl (C=O) groups is 2. The first kappa shape index (κ1) is 15.0. The molecule has 1 aromatic rings. The molecule has 0 bridgehead atoms. The van der Waals surface area contributed by atoms with Gasteiger partial charge in [-0.3, -0.25) is 4.79 Å². The maximum Gasteiger partial charge on any atom is 0.337 e. The van der Waals surface area contributed by atoms with Gasteiger partial charge in [-0.25, -0.2) is 4.79 Å². The Morgan fingerprint density at radius 2 is 2.11 bits per heavy atom. The van der Waals surface area contributed by atoms with Crippen LogP contribution in [0.1, 0.15) is 35.7 Å². The predicted octanol–water partition coefficient (Wildman–Crippen LogP) is 2.45. The van der Waals surface area contributed by atoms with Gasteiger partial charge in [-0.1, -0.05) is 6.07 Å². The van der Waals surface area contributed by atoms with Gasteiger partial charge in [0.1, 0.15) is 0 Å². The largest absolute Gasteiger partial charge is 0.481 e. The molecule has 1 atom stereocenters. The summed E-state index contributed by atoms with van der Waals surface area (Å²) in [6.45, 7) is 3.83. The summed E-state index contributed by atoms with van der Waals surface area (Å²) >= 11 is 0. The predicted molar refractivity (Wildman–Crippen MR) is 72.5 cm³/mol. The number of nitrogens with one attached hydrogen (secondary N) is 1. The number of aryl methyl sites for hydroxylation is 1. The molecule has 0 aliphatic carbocycles. The lowest BCUT2D eigenvalue weighted by Gasteiger charge is -2.17. The summed E-state index contributed by atoms with van der Waals surface area (Å²) in [5.41, 5.74) is 2.29. The first-order valence-corrected chi connectivity index (χ1v) is 6.11. The standard InChI is InChI=1S/C14H19NO4/c1-9-4-6-11(14(18)19-3)8-12(9)15-10(2)5-7-13(16)17/h4,6,8,10,15H,5,7H2,1-3H3,(H,16,17). The Kier molecular flexibility index (Phi) is 5.36. The number of hydrogen-bond donors (Lipinski definition) is 2. The highest BCUT2D eigenvalue weighted by atomic mass is 16.5. The first-order chi connectivity index (χ1) is 8.93. The molecule has 0 saturated heterocycles. The van der Waals surface area contributed by atoms with Gasteiger partial charge in [0.15, 0.2) is 0 Å². The van der Waals surface area contributed by atoms with E-state index in [1.165, 1.54) is 7.11 Å². The van der Waals surface area contributed by atoms with E-state index in [1.807, 2.05) is 19.9 Å². The van der Waals surface area contributed by atoms with Crippen LogP contribution in [0, 0.1) is 6.92 Å². The van der Waals surface area contributed by atoms with Crippen LogP contribution in [0.4, 0.5) is 5.69 Å². The van der Waals surface area contributed by atoms with Crippen molar-refractivity contribution in [2.75, 3.05) is 12.4 Å². The molecular formula is C14H19NO4.